The number of thiazole rings is 1. The maximum atomic E-state index is 11.6. The van der Waals surface area contributed by atoms with Crippen molar-refractivity contribution in [1.29, 1.82) is 0 Å². The number of nitrogens with one attached hydrogen (secondary N) is 2. The van der Waals surface area contributed by atoms with Crippen LogP contribution in [-0.2, 0) is 22.1 Å². The molecule has 158 valence electrons. The molecule has 2 rings (SSSR count). The Hall–Kier alpha value is -1.03. The summed E-state index contributed by atoms with van der Waals surface area (Å²) in [7, 11) is -3.21. The van der Waals surface area contributed by atoms with E-state index in [1.54, 1.807) is 23.1 Å². The summed E-state index contributed by atoms with van der Waals surface area (Å²) in [6, 6.07) is 0. The maximum absolute atomic E-state index is 11.6. The first-order chi connectivity index (χ1) is 13.4. The number of hydrogen-bond acceptors (Lipinski definition) is 8. The van der Waals surface area contributed by atoms with Gasteiger partial charge < -0.3 is 10.6 Å². The Morgan fingerprint density at radius 3 is 2.82 bits per heavy atom. The van der Waals surface area contributed by atoms with Crippen molar-refractivity contribution in [1.82, 2.24) is 20.5 Å². The lowest BCUT2D eigenvalue weighted by Crippen LogP contribution is -2.30. The highest BCUT2D eigenvalue weighted by molar-refractivity contribution is 7.98. The highest BCUT2D eigenvalue weighted by atomic mass is 32.2. The van der Waals surface area contributed by atoms with Gasteiger partial charge in [0.05, 0.1) is 17.6 Å². The highest BCUT2D eigenvalue weighted by Gasteiger charge is 2.13. The third-order valence-corrected chi connectivity index (χ3v) is 6.87. The third-order valence-electron chi connectivity index (χ3n) is 4.33. The topological polar surface area (TPSA) is 74.3 Å². The molecule has 0 bridgehead atoms. The maximum Gasteiger partial charge on any atom is 0.172 e. The van der Waals surface area contributed by atoms with E-state index < -0.39 is 9.84 Å². The van der Waals surface area contributed by atoms with Crippen LogP contribution in [0.3, 0.4) is 0 Å². The van der Waals surface area contributed by atoms with E-state index in [4.69, 9.17) is 4.98 Å². The van der Waals surface area contributed by atoms with E-state index >= 15 is 0 Å². The molecule has 0 saturated carbocycles. The van der Waals surface area contributed by atoms with Crippen LogP contribution in [0.5, 0.6) is 0 Å². The molecule has 28 heavy (non-hydrogen) atoms. The van der Waals surface area contributed by atoms with Gasteiger partial charge in [-0.15, -0.1) is 11.3 Å². The molecular formula is C19H32N4O2S3. The van der Waals surface area contributed by atoms with Gasteiger partial charge in [0.25, 0.3) is 0 Å². The quantitative estimate of drug-likeness (QED) is 0.358. The van der Waals surface area contributed by atoms with Crippen molar-refractivity contribution < 1.29 is 8.42 Å². The zero-order valence-electron chi connectivity index (χ0n) is 16.9. The Bertz CT molecular complexity index is 753. The van der Waals surface area contributed by atoms with Gasteiger partial charge in [-0.2, -0.15) is 11.8 Å². The minimum absolute atomic E-state index is 0.527. The molecule has 6 nitrogen and oxygen atoms in total. The third kappa shape index (κ3) is 9.45. The highest BCUT2D eigenvalue weighted by Crippen LogP contribution is 2.19. The summed E-state index contributed by atoms with van der Waals surface area (Å²) in [5.74, 6) is 2.28. The Labute approximate surface area is 177 Å². The zero-order chi connectivity index (χ0) is 20.4. The van der Waals surface area contributed by atoms with Gasteiger partial charge in [0.1, 0.15) is 10.8 Å². The number of hydrogen-bond donors (Lipinski definition) is 2. The van der Waals surface area contributed by atoms with Crippen LogP contribution < -0.4 is 10.6 Å². The molecule has 1 aromatic rings. The molecule has 9 heteroatoms. The average molecular weight is 445 g/mol. The van der Waals surface area contributed by atoms with Gasteiger partial charge in [0.15, 0.2) is 9.84 Å². The first-order valence-electron chi connectivity index (χ1n) is 9.65. The monoisotopic (exact) mass is 444 g/mol. The van der Waals surface area contributed by atoms with Crippen LogP contribution in [0.25, 0.3) is 0 Å². The van der Waals surface area contributed by atoms with Crippen LogP contribution in [0.4, 0.5) is 0 Å². The Kier molecular flexibility index (Phi) is 9.84. The minimum Gasteiger partial charge on any atom is -0.370 e. The van der Waals surface area contributed by atoms with Crippen molar-refractivity contribution >= 4 is 32.9 Å². The van der Waals surface area contributed by atoms with E-state index in [0.717, 1.165) is 35.7 Å². The van der Waals surface area contributed by atoms with Crippen molar-refractivity contribution in [2.45, 2.75) is 38.5 Å². The van der Waals surface area contributed by atoms with Crippen molar-refractivity contribution in [3.8, 4) is 0 Å². The van der Waals surface area contributed by atoms with E-state index in [1.165, 1.54) is 42.6 Å². The van der Waals surface area contributed by atoms with Crippen LogP contribution in [0.2, 0.25) is 0 Å². The van der Waals surface area contributed by atoms with Crippen molar-refractivity contribution in [2.24, 2.45) is 0 Å². The molecule has 0 atom stereocenters. The van der Waals surface area contributed by atoms with Crippen molar-refractivity contribution in [3.05, 3.63) is 39.5 Å². The normalized spacial score (nSPS) is 15.7. The zero-order valence-corrected chi connectivity index (χ0v) is 19.3. The molecule has 1 aromatic heterocycles. The molecule has 2 N–H and O–H groups in total. The van der Waals surface area contributed by atoms with Gasteiger partial charge >= 0.3 is 0 Å². The largest absolute Gasteiger partial charge is 0.370 e. The van der Waals surface area contributed by atoms with Crippen LogP contribution >= 0.6 is 23.1 Å². The van der Waals surface area contributed by atoms with Gasteiger partial charge in [-0.1, -0.05) is 19.1 Å². The number of rotatable bonds is 13. The summed E-state index contributed by atoms with van der Waals surface area (Å²) < 4.78 is 23.1. The van der Waals surface area contributed by atoms with Crippen molar-refractivity contribution in [2.75, 3.05) is 38.2 Å². The fourth-order valence-electron chi connectivity index (χ4n) is 2.76. The molecule has 1 saturated heterocycles. The predicted octanol–water partition coefficient (Wildman–Crippen LogP) is 2.96. The molecular weight excluding hydrogens is 412 g/mol. The number of aromatic nitrogens is 1. The molecule has 0 spiro atoms. The molecule has 0 aromatic carbocycles. The first kappa shape index (κ1) is 23.3. The fraction of sp³-hybridized carbons (Fsp3) is 0.632. The van der Waals surface area contributed by atoms with Gasteiger partial charge in [0, 0.05) is 36.2 Å². The Balaban J connectivity index is 1.70. The van der Waals surface area contributed by atoms with E-state index in [9.17, 15) is 8.42 Å². The van der Waals surface area contributed by atoms with Gasteiger partial charge in [-0.3, -0.25) is 4.90 Å². The van der Waals surface area contributed by atoms with E-state index in [2.05, 4.69) is 27.5 Å². The second kappa shape index (κ2) is 11.8. The lowest BCUT2D eigenvalue weighted by molar-refractivity contribution is 0.330. The van der Waals surface area contributed by atoms with E-state index in [-0.39, 0.29) is 0 Å². The number of thioether (sulfide) groups is 1. The van der Waals surface area contributed by atoms with Crippen LogP contribution in [0.1, 0.15) is 36.9 Å². The summed E-state index contributed by atoms with van der Waals surface area (Å²) in [6.45, 7) is 10.6. The summed E-state index contributed by atoms with van der Waals surface area (Å²) >= 11 is 3.54. The molecule has 0 aliphatic carbocycles. The second-order valence-electron chi connectivity index (χ2n) is 7.01. The summed E-state index contributed by atoms with van der Waals surface area (Å²) in [6.07, 6.45) is 4.67. The van der Waals surface area contributed by atoms with Gasteiger partial charge in [-0.05, 0) is 32.4 Å². The predicted molar refractivity (Wildman–Crippen MR) is 121 cm³/mol. The molecule has 2 heterocycles. The van der Waals surface area contributed by atoms with Crippen LogP contribution in [0, 0.1) is 0 Å². The second-order valence-corrected chi connectivity index (χ2v) is 11.0. The molecule has 1 aliphatic rings. The lowest BCUT2D eigenvalue weighted by Gasteiger charge is -2.14. The van der Waals surface area contributed by atoms with E-state index in [1.807, 2.05) is 6.92 Å². The molecule has 0 radical (unpaired) electrons. The van der Waals surface area contributed by atoms with Crippen LogP contribution in [-0.4, -0.2) is 56.5 Å². The smallest absolute Gasteiger partial charge is 0.172 e. The summed E-state index contributed by atoms with van der Waals surface area (Å²) in [5.41, 5.74) is 2.16. The molecule has 1 aliphatic heterocycles. The number of nitrogens with zero attached hydrogens (tertiary/aromatic N) is 2. The SMILES string of the molecule is C=C(CC)CNC(=CS(C)(=O)=O)NCCSCc1csc(CN2CCCC2)n1. The van der Waals surface area contributed by atoms with Crippen molar-refractivity contribution in [3.63, 3.8) is 0 Å². The van der Waals surface area contributed by atoms with Gasteiger partial charge in [-0.25, -0.2) is 13.4 Å². The Morgan fingerprint density at radius 2 is 2.14 bits per heavy atom. The fourth-order valence-corrected chi connectivity index (χ4v) is 5.04. The standard InChI is InChI=1S/C19H32N4O2S3/c1-4-16(2)11-21-18(15-28(3,24)25)20-7-10-26-13-17-14-27-19(22-17)12-23-8-5-6-9-23/h14-15,20-21H,2,4-13H2,1,3H3. The summed E-state index contributed by atoms with van der Waals surface area (Å²) in [5, 5.41) is 10.9. The van der Waals surface area contributed by atoms with E-state index in [0.29, 0.717) is 18.9 Å². The lowest BCUT2D eigenvalue weighted by atomic mass is 10.2. The van der Waals surface area contributed by atoms with Crippen LogP contribution in [0.15, 0.2) is 28.8 Å². The average Bonchev–Trinajstić information content (AvgIpc) is 3.30. The summed E-state index contributed by atoms with van der Waals surface area (Å²) in [4.78, 5) is 7.20. The first-order valence-corrected chi connectivity index (χ1v) is 13.6. The minimum atomic E-state index is -3.21. The molecule has 0 amide bonds. The van der Waals surface area contributed by atoms with Gasteiger partial charge in [0.2, 0.25) is 0 Å². The molecule has 0 unspecified atom stereocenters. The Morgan fingerprint density at radius 1 is 1.39 bits per heavy atom. The number of sulfone groups is 1. The number of likely N-dealkylation sites (tertiary alicyclic amines) is 1. The molecule has 1 fully saturated rings.